The van der Waals surface area contributed by atoms with E-state index in [4.69, 9.17) is 22.2 Å². The first kappa shape index (κ1) is 16.3. The molecule has 0 aliphatic carbocycles. The Kier molecular flexibility index (Phi) is 4.29. The molecule has 0 spiro atoms. The lowest BCUT2D eigenvalue weighted by atomic mass is 10.1. The fourth-order valence-electron chi connectivity index (χ4n) is 3.35. The maximum Gasteiger partial charge on any atom is 0.166 e. The lowest BCUT2D eigenvalue weighted by molar-refractivity contribution is -0.00243. The van der Waals surface area contributed by atoms with Crippen molar-refractivity contribution in [3.8, 4) is 0 Å². The Bertz CT molecular complexity index is 894. The zero-order chi connectivity index (χ0) is 17.4. The van der Waals surface area contributed by atoms with Crippen LogP contribution < -0.4 is 11.3 Å². The van der Waals surface area contributed by atoms with Crippen LogP contribution in [0.2, 0.25) is 5.02 Å². The van der Waals surface area contributed by atoms with E-state index in [9.17, 15) is 0 Å². The number of benzene rings is 1. The molecular weight excluding hydrogens is 340 g/mol. The van der Waals surface area contributed by atoms with E-state index in [1.807, 2.05) is 35.9 Å². The van der Waals surface area contributed by atoms with Crippen LogP contribution in [0.1, 0.15) is 30.3 Å². The average molecular weight is 359 g/mol. The van der Waals surface area contributed by atoms with Crippen molar-refractivity contribution in [1.82, 2.24) is 19.7 Å². The summed E-state index contributed by atoms with van der Waals surface area (Å²) in [5.74, 6) is 6.12. The van der Waals surface area contributed by atoms with Crippen LogP contribution in [0.3, 0.4) is 0 Å². The molecule has 1 saturated heterocycles. The van der Waals surface area contributed by atoms with Crippen LogP contribution in [-0.4, -0.2) is 25.9 Å². The lowest BCUT2D eigenvalue weighted by Crippen LogP contribution is -2.15. The zero-order valence-electron chi connectivity index (χ0n) is 13.8. The quantitative estimate of drug-likeness (QED) is 0.550. The number of nitrogens with one attached hydrogen (secondary N) is 1. The average Bonchev–Trinajstić information content (AvgIpc) is 3.21. The minimum absolute atomic E-state index is 0.131. The van der Waals surface area contributed by atoms with E-state index in [2.05, 4.69) is 20.5 Å². The molecule has 4 rings (SSSR count). The molecule has 0 radical (unpaired) electrons. The number of aromatic nitrogens is 4. The van der Waals surface area contributed by atoms with Crippen molar-refractivity contribution in [2.45, 2.75) is 38.5 Å². The third-order valence-corrected chi connectivity index (χ3v) is 4.79. The first-order chi connectivity index (χ1) is 12.2. The van der Waals surface area contributed by atoms with Crippen LogP contribution in [0.5, 0.6) is 0 Å². The maximum absolute atomic E-state index is 6.23. The molecule has 25 heavy (non-hydrogen) atoms. The van der Waals surface area contributed by atoms with Gasteiger partial charge in [0.15, 0.2) is 17.7 Å². The van der Waals surface area contributed by atoms with Crippen molar-refractivity contribution in [1.29, 1.82) is 0 Å². The van der Waals surface area contributed by atoms with E-state index >= 15 is 0 Å². The number of aryl methyl sites for hydroxylation is 1. The summed E-state index contributed by atoms with van der Waals surface area (Å²) in [4.78, 5) is 8.52. The van der Waals surface area contributed by atoms with E-state index in [-0.39, 0.29) is 12.3 Å². The highest BCUT2D eigenvalue weighted by Crippen LogP contribution is 2.33. The van der Waals surface area contributed by atoms with Gasteiger partial charge in [-0.15, -0.1) is 0 Å². The Labute approximate surface area is 150 Å². The van der Waals surface area contributed by atoms with E-state index in [1.165, 1.54) is 11.9 Å². The minimum Gasteiger partial charge on any atom is -0.353 e. The van der Waals surface area contributed by atoms with Crippen LogP contribution in [0.4, 0.5) is 5.82 Å². The number of hydrazine groups is 1. The summed E-state index contributed by atoms with van der Waals surface area (Å²) in [6.45, 7) is 1.92. The van der Waals surface area contributed by atoms with Gasteiger partial charge in [0.1, 0.15) is 6.33 Å². The van der Waals surface area contributed by atoms with E-state index in [0.29, 0.717) is 5.82 Å². The number of hydrogen-bond acceptors (Lipinski definition) is 6. The van der Waals surface area contributed by atoms with Crippen LogP contribution in [0.15, 0.2) is 30.6 Å². The van der Waals surface area contributed by atoms with Crippen molar-refractivity contribution in [2.75, 3.05) is 5.43 Å². The second-order valence-corrected chi connectivity index (χ2v) is 6.65. The third-order valence-electron chi connectivity index (χ3n) is 4.54. The summed E-state index contributed by atoms with van der Waals surface area (Å²) in [5, 5.41) is 6.18. The summed E-state index contributed by atoms with van der Waals surface area (Å²) >= 11 is 5.95. The Morgan fingerprint density at radius 1 is 1.28 bits per heavy atom. The summed E-state index contributed by atoms with van der Waals surface area (Å²) in [6.07, 6.45) is 4.23. The van der Waals surface area contributed by atoms with Gasteiger partial charge in [0, 0.05) is 5.02 Å². The fourth-order valence-corrected chi connectivity index (χ4v) is 3.48. The standard InChI is InChI=1S/C17H19ClN6O/c1-10-15-16(22-19)20-9-21-17(15)24(23-10)14-7-6-13(25-14)8-11-2-4-12(18)5-3-11/h2-5,9,13-14H,6-8,19H2,1H3,(H,20,21,22). The molecule has 2 atom stereocenters. The van der Waals surface area contributed by atoms with E-state index in [0.717, 1.165) is 41.0 Å². The molecule has 2 aromatic heterocycles. The highest BCUT2D eigenvalue weighted by Gasteiger charge is 2.29. The van der Waals surface area contributed by atoms with Gasteiger partial charge in [-0.3, -0.25) is 0 Å². The van der Waals surface area contributed by atoms with Gasteiger partial charge in [-0.25, -0.2) is 20.5 Å². The summed E-state index contributed by atoms with van der Waals surface area (Å²) in [7, 11) is 0. The van der Waals surface area contributed by atoms with Crippen molar-refractivity contribution in [3.05, 3.63) is 46.9 Å². The SMILES string of the molecule is Cc1nn(C2CCC(Cc3ccc(Cl)cc3)O2)c2ncnc(NN)c12. The molecule has 3 N–H and O–H groups in total. The molecule has 130 valence electrons. The normalized spacial score (nSPS) is 20.3. The summed E-state index contributed by atoms with van der Waals surface area (Å²) in [5.41, 5.74) is 5.38. The van der Waals surface area contributed by atoms with Crippen molar-refractivity contribution in [3.63, 3.8) is 0 Å². The van der Waals surface area contributed by atoms with Crippen LogP contribution in [0.25, 0.3) is 11.0 Å². The monoisotopic (exact) mass is 358 g/mol. The van der Waals surface area contributed by atoms with E-state index < -0.39 is 0 Å². The molecule has 0 saturated carbocycles. The largest absolute Gasteiger partial charge is 0.353 e. The number of ether oxygens (including phenoxy) is 1. The fraction of sp³-hybridized carbons (Fsp3) is 0.353. The highest BCUT2D eigenvalue weighted by molar-refractivity contribution is 6.30. The molecule has 0 amide bonds. The van der Waals surface area contributed by atoms with Crippen molar-refractivity contribution < 1.29 is 4.74 Å². The number of hydrogen-bond donors (Lipinski definition) is 2. The molecule has 3 aromatic rings. The number of anilines is 1. The Balaban J connectivity index is 1.56. The van der Waals surface area contributed by atoms with Crippen molar-refractivity contribution >= 4 is 28.5 Å². The molecule has 1 aliphatic rings. The second kappa shape index (κ2) is 6.59. The maximum atomic E-state index is 6.23. The van der Waals surface area contributed by atoms with Gasteiger partial charge in [-0.2, -0.15) is 5.10 Å². The third kappa shape index (κ3) is 3.06. The number of nitrogen functional groups attached to an aromatic ring is 1. The second-order valence-electron chi connectivity index (χ2n) is 6.22. The summed E-state index contributed by atoms with van der Waals surface area (Å²) < 4.78 is 8.07. The highest BCUT2D eigenvalue weighted by atomic mass is 35.5. The van der Waals surface area contributed by atoms with Crippen LogP contribution >= 0.6 is 11.6 Å². The topological polar surface area (TPSA) is 90.9 Å². The smallest absolute Gasteiger partial charge is 0.166 e. The predicted octanol–water partition coefficient (Wildman–Crippen LogP) is 2.99. The molecule has 0 bridgehead atoms. The number of fused-ring (bicyclic) bond motifs is 1. The molecule has 1 aliphatic heterocycles. The first-order valence-electron chi connectivity index (χ1n) is 8.22. The molecule has 1 fully saturated rings. The van der Waals surface area contributed by atoms with Crippen LogP contribution in [0, 0.1) is 6.92 Å². The van der Waals surface area contributed by atoms with E-state index in [1.54, 1.807) is 0 Å². The minimum atomic E-state index is -0.131. The van der Waals surface area contributed by atoms with Gasteiger partial charge in [0.25, 0.3) is 0 Å². The first-order valence-corrected chi connectivity index (χ1v) is 8.60. The molecule has 8 heteroatoms. The lowest BCUT2D eigenvalue weighted by Gasteiger charge is -2.15. The van der Waals surface area contributed by atoms with Gasteiger partial charge in [-0.05, 0) is 43.9 Å². The van der Waals surface area contributed by atoms with Gasteiger partial charge < -0.3 is 10.2 Å². The molecular formula is C17H19ClN6O. The van der Waals surface area contributed by atoms with Gasteiger partial charge in [-0.1, -0.05) is 23.7 Å². The van der Waals surface area contributed by atoms with Crippen molar-refractivity contribution in [2.24, 2.45) is 5.84 Å². The van der Waals surface area contributed by atoms with Gasteiger partial charge in [0.2, 0.25) is 0 Å². The molecule has 3 heterocycles. The zero-order valence-corrected chi connectivity index (χ0v) is 14.6. The van der Waals surface area contributed by atoms with Gasteiger partial charge >= 0.3 is 0 Å². The molecule has 1 aromatic carbocycles. The van der Waals surface area contributed by atoms with Gasteiger partial charge in [0.05, 0.1) is 17.2 Å². The number of rotatable bonds is 4. The Morgan fingerprint density at radius 3 is 2.84 bits per heavy atom. The Morgan fingerprint density at radius 2 is 2.08 bits per heavy atom. The predicted molar refractivity (Wildman–Crippen MR) is 96.2 cm³/mol. The number of nitrogens with zero attached hydrogens (tertiary/aromatic N) is 4. The number of halogens is 1. The summed E-state index contributed by atoms with van der Waals surface area (Å²) in [6, 6.07) is 7.90. The number of nitrogens with two attached hydrogens (primary N) is 1. The molecule has 2 unspecified atom stereocenters. The molecule has 7 nitrogen and oxygen atoms in total. The van der Waals surface area contributed by atoms with Crippen LogP contribution in [-0.2, 0) is 11.2 Å². The Hall–Kier alpha value is -2.22.